The van der Waals surface area contributed by atoms with E-state index in [1.54, 1.807) is 17.0 Å². The highest BCUT2D eigenvalue weighted by Crippen LogP contribution is 2.31. The molecule has 0 aliphatic carbocycles. The van der Waals surface area contributed by atoms with Gasteiger partial charge in [-0.3, -0.25) is 4.90 Å². The number of fused-ring (bicyclic) bond motifs is 1. The quantitative estimate of drug-likeness (QED) is 0.490. The molecule has 0 radical (unpaired) electrons. The molecule has 3 aromatic carbocycles. The van der Waals surface area contributed by atoms with Crippen LogP contribution in [0, 0.1) is 0 Å². The Bertz CT molecular complexity index is 1250. The molecule has 0 spiro atoms. The smallest absolute Gasteiger partial charge is 0.337 e. The van der Waals surface area contributed by atoms with Crippen molar-refractivity contribution in [3.8, 4) is 22.3 Å². The Morgan fingerprint density at radius 1 is 0.968 bits per heavy atom. The molecule has 1 fully saturated rings. The minimum atomic E-state index is -0.942. The van der Waals surface area contributed by atoms with E-state index in [1.807, 2.05) is 13.1 Å². The number of benzene rings is 3. The van der Waals surface area contributed by atoms with Gasteiger partial charge in [-0.05, 0) is 65.9 Å². The number of likely N-dealkylation sites (tertiary alicyclic amines) is 1. The standard InChI is InChI=1S/C26H25N3O2/c1-28-17-27-24-15-21(14-23(25(24)28)26(30)31)18-8-10-19(11-9-18)22-7-3-2-6-20(22)16-29-12-4-5-13-29/h2-3,6-11,14-15,17H,4-5,12-13,16H2,1H3,(H,30,31). The zero-order chi connectivity index (χ0) is 21.4. The number of nitrogens with zero attached hydrogens (tertiary/aromatic N) is 3. The third-order valence-electron chi connectivity index (χ3n) is 6.18. The molecule has 1 aliphatic rings. The molecule has 0 unspecified atom stereocenters. The third-order valence-corrected chi connectivity index (χ3v) is 6.18. The van der Waals surface area contributed by atoms with Crippen LogP contribution in [0.25, 0.3) is 33.3 Å². The van der Waals surface area contributed by atoms with E-state index in [0.29, 0.717) is 11.0 Å². The Kier molecular flexibility index (Phi) is 5.04. The second kappa shape index (κ2) is 8.00. The third kappa shape index (κ3) is 3.73. The predicted octanol–water partition coefficient (Wildman–Crippen LogP) is 5.20. The van der Waals surface area contributed by atoms with Crippen molar-refractivity contribution < 1.29 is 9.90 Å². The van der Waals surface area contributed by atoms with Crippen LogP contribution >= 0.6 is 0 Å². The number of carbonyl (C=O) groups is 1. The van der Waals surface area contributed by atoms with Gasteiger partial charge in [-0.15, -0.1) is 0 Å². The van der Waals surface area contributed by atoms with Crippen molar-refractivity contribution in [3.05, 3.63) is 78.1 Å². The zero-order valence-electron chi connectivity index (χ0n) is 17.6. The summed E-state index contributed by atoms with van der Waals surface area (Å²) in [5.74, 6) is -0.942. The molecule has 0 saturated carbocycles. The summed E-state index contributed by atoms with van der Waals surface area (Å²) in [7, 11) is 1.82. The molecule has 5 heteroatoms. The van der Waals surface area contributed by atoms with E-state index in [0.717, 1.165) is 17.7 Å². The van der Waals surface area contributed by atoms with Crippen molar-refractivity contribution in [2.45, 2.75) is 19.4 Å². The van der Waals surface area contributed by atoms with Crippen molar-refractivity contribution in [1.82, 2.24) is 14.5 Å². The lowest BCUT2D eigenvalue weighted by molar-refractivity contribution is 0.0698. The van der Waals surface area contributed by atoms with E-state index in [4.69, 9.17) is 0 Å². The van der Waals surface area contributed by atoms with Crippen LogP contribution in [0.3, 0.4) is 0 Å². The first kappa shape index (κ1) is 19.5. The second-order valence-electron chi connectivity index (χ2n) is 8.27. The maximum atomic E-state index is 11.8. The normalized spacial score (nSPS) is 14.4. The van der Waals surface area contributed by atoms with Gasteiger partial charge in [0.2, 0.25) is 0 Å². The number of hydrogen-bond acceptors (Lipinski definition) is 3. The van der Waals surface area contributed by atoms with Gasteiger partial charge in [0, 0.05) is 13.6 Å². The van der Waals surface area contributed by atoms with Crippen LogP contribution in [0.5, 0.6) is 0 Å². The van der Waals surface area contributed by atoms with Gasteiger partial charge in [-0.25, -0.2) is 9.78 Å². The maximum Gasteiger partial charge on any atom is 0.337 e. The SMILES string of the molecule is Cn1cnc2cc(-c3ccc(-c4ccccc4CN4CCCC4)cc3)cc(C(=O)O)c21. The first-order chi connectivity index (χ1) is 15.1. The van der Waals surface area contributed by atoms with E-state index >= 15 is 0 Å². The summed E-state index contributed by atoms with van der Waals surface area (Å²) in [6.45, 7) is 3.33. The molecule has 5 rings (SSSR count). The Balaban J connectivity index is 1.50. The Labute approximate surface area is 181 Å². The molecule has 2 heterocycles. The molecule has 5 nitrogen and oxygen atoms in total. The number of rotatable bonds is 5. The fraction of sp³-hybridized carbons (Fsp3) is 0.231. The molecule has 1 aliphatic heterocycles. The summed E-state index contributed by atoms with van der Waals surface area (Å²) >= 11 is 0. The number of aromatic nitrogens is 2. The first-order valence-corrected chi connectivity index (χ1v) is 10.7. The average molecular weight is 412 g/mol. The van der Waals surface area contributed by atoms with Gasteiger partial charge in [-0.1, -0.05) is 48.5 Å². The molecule has 156 valence electrons. The number of hydrogen-bond donors (Lipinski definition) is 1. The monoisotopic (exact) mass is 411 g/mol. The maximum absolute atomic E-state index is 11.8. The van der Waals surface area contributed by atoms with Crippen LogP contribution in [0.4, 0.5) is 0 Å². The van der Waals surface area contributed by atoms with E-state index in [2.05, 4.69) is 58.4 Å². The predicted molar refractivity (Wildman–Crippen MR) is 123 cm³/mol. The molecule has 31 heavy (non-hydrogen) atoms. The first-order valence-electron chi connectivity index (χ1n) is 10.7. The van der Waals surface area contributed by atoms with Gasteiger partial charge in [0.25, 0.3) is 0 Å². The Morgan fingerprint density at radius 2 is 1.68 bits per heavy atom. The molecular formula is C26H25N3O2. The summed E-state index contributed by atoms with van der Waals surface area (Å²) in [4.78, 5) is 18.7. The van der Waals surface area contributed by atoms with Gasteiger partial charge in [-0.2, -0.15) is 0 Å². The summed E-state index contributed by atoms with van der Waals surface area (Å²) in [5.41, 5.74) is 7.23. The van der Waals surface area contributed by atoms with Gasteiger partial charge >= 0.3 is 5.97 Å². The number of aryl methyl sites for hydroxylation is 1. The number of carboxylic acid groups (broad SMARTS) is 1. The second-order valence-corrected chi connectivity index (χ2v) is 8.27. The Morgan fingerprint density at radius 3 is 2.42 bits per heavy atom. The van der Waals surface area contributed by atoms with Crippen LogP contribution < -0.4 is 0 Å². The van der Waals surface area contributed by atoms with Crippen LogP contribution in [0.1, 0.15) is 28.8 Å². The molecular weight excluding hydrogens is 386 g/mol. The molecule has 1 N–H and O–H groups in total. The number of carboxylic acids is 1. The van der Waals surface area contributed by atoms with Crippen LogP contribution in [-0.2, 0) is 13.6 Å². The number of aromatic carboxylic acids is 1. The van der Waals surface area contributed by atoms with Crippen LogP contribution in [-0.4, -0.2) is 38.6 Å². The van der Waals surface area contributed by atoms with Crippen molar-refractivity contribution in [2.24, 2.45) is 7.05 Å². The number of imidazole rings is 1. The lowest BCUT2D eigenvalue weighted by Crippen LogP contribution is -2.18. The van der Waals surface area contributed by atoms with Crippen LogP contribution in [0.2, 0.25) is 0 Å². The summed E-state index contributed by atoms with van der Waals surface area (Å²) in [5, 5.41) is 9.69. The van der Waals surface area contributed by atoms with Crippen molar-refractivity contribution in [2.75, 3.05) is 13.1 Å². The molecule has 1 aromatic heterocycles. The van der Waals surface area contributed by atoms with E-state index in [9.17, 15) is 9.90 Å². The molecule has 1 saturated heterocycles. The molecule has 0 amide bonds. The van der Waals surface area contributed by atoms with E-state index in [-0.39, 0.29) is 5.56 Å². The van der Waals surface area contributed by atoms with Gasteiger partial charge in [0.1, 0.15) is 0 Å². The van der Waals surface area contributed by atoms with E-state index < -0.39 is 5.97 Å². The van der Waals surface area contributed by atoms with Crippen molar-refractivity contribution >= 4 is 17.0 Å². The minimum Gasteiger partial charge on any atom is -0.478 e. The topological polar surface area (TPSA) is 58.4 Å². The Hall–Kier alpha value is -3.44. The minimum absolute atomic E-state index is 0.271. The fourth-order valence-corrected chi connectivity index (χ4v) is 4.59. The van der Waals surface area contributed by atoms with Gasteiger partial charge in [0.05, 0.1) is 22.9 Å². The van der Waals surface area contributed by atoms with Crippen LogP contribution in [0.15, 0.2) is 67.0 Å². The summed E-state index contributed by atoms with van der Waals surface area (Å²) in [6, 6.07) is 20.7. The van der Waals surface area contributed by atoms with Gasteiger partial charge < -0.3 is 9.67 Å². The lowest BCUT2D eigenvalue weighted by atomic mass is 9.96. The molecule has 0 atom stereocenters. The summed E-state index contributed by atoms with van der Waals surface area (Å²) < 4.78 is 1.75. The van der Waals surface area contributed by atoms with Crippen molar-refractivity contribution in [3.63, 3.8) is 0 Å². The zero-order valence-corrected chi connectivity index (χ0v) is 17.6. The fourth-order valence-electron chi connectivity index (χ4n) is 4.59. The summed E-state index contributed by atoms with van der Waals surface area (Å²) in [6.07, 6.45) is 4.23. The van der Waals surface area contributed by atoms with Crippen molar-refractivity contribution in [1.29, 1.82) is 0 Å². The van der Waals surface area contributed by atoms with Gasteiger partial charge in [0.15, 0.2) is 0 Å². The highest BCUT2D eigenvalue weighted by molar-refractivity contribution is 6.03. The largest absolute Gasteiger partial charge is 0.478 e. The van der Waals surface area contributed by atoms with E-state index in [1.165, 1.54) is 42.6 Å². The molecule has 4 aromatic rings. The average Bonchev–Trinajstić information content (AvgIpc) is 3.43. The highest BCUT2D eigenvalue weighted by Gasteiger charge is 2.16. The highest BCUT2D eigenvalue weighted by atomic mass is 16.4. The lowest BCUT2D eigenvalue weighted by Gasteiger charge is -2.18. The molecule has 0 bridgehead atoms.